The van der Waals surface area contributed by atoms with Crippen LogP contribution >= 0.6 is 23.5 Å². The number of rotatable bonds is 4. The summed E-state index contributed by atoms with van der Waals surface area (Å²) >= 11 is 3.99. The predicted molar refractivity (Wildman–Crippen MR) is 83.8 cm³/mol. The summed E-state index contributed by atoms with van der Waals surface area (Å²) in [5.41, 5.74) is 2.11. The normalized spacial score (nSPS) is 21.3. The van der Waals surface area contributed by atoms with Gasteiger partial charge >= 0.3 is 0 Å². The summed E-state index contributed by atoms with van der Waals surface area (Å²) in [5, 5.41) is 3.10. The first kappa shape index (κ1) is 13.4. The van der Waals surface area contributed by atoms with Gasteiger partial charge in [0.1, 0.15) is 0 Å². The highest BCUT2D eigenvalue weighted by atomic mass is 32.2. The lowest BCUT2D eigenvalue weighted by molar-refractivity contribution is 0.0936. The number of amides is 1. The molecule has 0 bridgehead atoms. The van der Waals surface area contributed by atoms with E-state index in [4.69, 9.17) is 0 Å². The smallest absolute Gasteiger partial charge is 0.251 e. The van der Waals surface area contributed by atoms with Crippen molar-refractivity contribution in [2.45, 2.75) is 30.4 Å². The molecule has 1 aromatic rings. The van der Waals surface area contributed by atoms with Gasteiger partial charge in [-0.05, 0) is 43.4 Å². The van der Waals surface area contributed by atoms with E-state index in [1.54, 1.807) is 0 Å². The maximum Gasteiger partial charge on any atom is 0.251 e. The van der Waals surface area contributed by atoms with E-state index >= 15 is 0 Å². The van der Waals surface area contributed by atoms with Gasteiger partial charge in [0.15, 0.2) is 0 Å². The average molecular weight is 293 g/mol. The summed E-state index contributed by atoms with van der Waals surface area (Å²) in [7, 11) is 0. The van der Waals surface area contributed by atoms with Crippen molar-refractivity contribution >= 4 is 29.4 Å². The maximum atomic E-state index is 12.1. The standard InChI is InChI=1S/C15H19NOS2/c1-10(11-2-3-11)16-14(17)12-4-6-13(7-5-12)15-18-8-9-19-15/h4-7,10-11,15H,2-3,8-9H2,1H3,(H,16,17)/t10-/m1/s1. The van der Waals surface area contributed by atoms with E-state index in [1.807, 2.05) is 35.7 Å². The number of benzene rings is 1. The van der Waals surface area contributed by atoms with E-state index in [0.717, 1.165) is 5.56 Å². The van der Waals surface area contributed by atoms with E-state index in [1.165, 1.54) is 29.9 Å². The maximum absolute atomic E-state index is 12.1. The van der Waals surface area contributed by atoms with Gasteiger partial charge in [0, 0.05) is 23.1 Å². The van der Waals surface area contributed by atoms with Crippen LogP contribution in [0.4, 0.5) is 0 Å². The van der Waals surface area contributed by atoms with E-state index in [-0.39, 0.29) is 5.91 Å². The second-order valence-corrected chi connectivity index (χ2v) is 8.02. The summed E-state index contributed by atoms with van der Waals surface area (Å²) in [6.45, 7) is 2.11. The van der Waals surface area contributed by atoms with E-state index < -0.39 is 0 Å². The van der Waals surface area contributed by atoms with Crippen LogP contribution in [0.1, 0.15) is 40.3 Å². The fourth-order valence-corrected chi connectivity index (χ4v) is 5.21. The molecule has 102 valence electrons. The molecule has 0 unspecified atom stereocenters. The average Bonchev–Trinajstić information content (AvgIpc) is 3.14. The lowest BCUT2D eigenvalue weighted by Crippen LogP contribution is -2.33. The van der Waals surface area contributed by atoms with Gasteiger partial charge in [-0.2, -0.15) is 0 Å². The van der Waals surface area contributed by atoms with Crippen molar-refractivity contribution in [3.8, 4) is 0 Å². The Labute approximate surface area is 123 Å². The third-order valence-corrected chi connectivity index (χ3v) is 6.86. The molecule has 3 rings (SSSR count). The molecule has 0 radical (unpaired) electrons. The van der Waals surface area contributed by atoms with Gasteiger partial charge < -0.3 is 5.32 Å². The number of carbonyl (C=O) groups is 1. The van der Waals surface area contributed by atoms with Crippen LogP contribution in [0.25, 0.3) is 0 Å². The Kier molecular flexibility index (Phi) is 4.08. The summed E-state index contributed by atoms with van der Waals surface area (Å²) in [6, 6.07) is 8.44. The van der Waals surface area contributed by atoms with Crippen molar-refractivity contribution in [1.29, 1.82) is 0 Å². The Bertz CT molecular complexity index is 450. The van der Waals surface area contributed by atoms with E-state index in [0.29, 0.717) is 16.5 Å². The molecule has 0 aromatic heterocycles. The molecule has 2 nitrogen and oxygen atoms in total. The summed E-state index contributed by atoms with van der Waals surface area (Å²) < 4.78 is 0.558. The van der Waals surface area contributed by atoms with Crippen LogP contribution < -0.4 is 5.32 Å². The van der Waals surface area contributed by atoms with Crippen molar-refractivity contribution in [2.75, 3.05) is 11.5 Å². The Morgan fingerprint density at radius 1 is 1.21 bits per heavy atom. The zero-order chi connectivity index (χ0) is 13.2. The van der Waals surface area contributed by atoms with Crippen LogP contribution in [0.2, 0.25) is 0 Å². The van der Waals surface area contributed by atoms with Crippen molar-refractivity contribution in [3.63, 3.8) is 0 Å². The van der Waals surface area contributed by atoms with Gasteiger partial charge in [-0.15, -0.1) is 23.5 Å². The molecule has 1 N–H and O–H groups in total. The molecular weight excluding hydrogens is 274 g/mol. The number of hydrogen-bond donors (Lipinski definition) is 1. The highest BCUT2D eigenvalue weighted by Gasteiger charge is 2.29. The highest BCUT2D eigenvalue weighted by molar-refractivity contribution is 8.19. The second kappa shape index (κ2) is 5.80. The highest BCUT2D eigenvalue weighted by Crippen LogP contribution is 2.45. The first-order valence-electron chi connectivity index (χ1n) is 6.88. The molecule has 1 aliphatic heterocycles. The Balaban J connectivity index is 1.62. The lowest BCUT2D eigenvalue weighted by atomic mass is 10.1. The fourth-order valence-electron chi connectivity index (χ4n) is 2.35. The molecule has 2 fully saturated rings. The second-order valence-electron chi connectivity index (χ2n) is 5.30. The number of hydrogen-bond acceptors (Lipinski definition) is 3. The van der Waals surface area contributed by atoms with Gasteiger partial charge in [-0.25, -0.2) is 0 Å². The molecule has 1 heterocycles. The summed E-state index contributed by atoms with van der Waals surface area (Å²) in [4.78, 5) is 12.1. The molecule has 4 heteroatoms. The molecule has 1 aliphatic carbocycles. The SMILES string of the molecule is C[C@@H](NC(=O)c1ccc(C2SCCS2)cc1)C1CC1. The minimum Gasteiger partial charge on any atom is -0.349 e. The van der Waals surface area contributed by atoms with Crippen LogP contribution in [0, 0.1) is 5.92 Å². The monoisotopic (exact) mass is 293 g/mol. The largest absolute Gasteiger partial charge is 0.349 e. The lowest BCUT2D eigenvalue weighted by Gasteiger charge is -2.13. The van der Waals surface area contributed by atoms with E-state index in [2.05, 4.69) is 24.4 Å². The van der Waals surface area contributed by atoms with Crippen molar-refractivity contribution in [3.05, 3.63) is 35.4 Å². The van der Waals surface area contributed by atoms with E-state index in [9.17, 15) is 4.79 Å². The van der Waals surface area contributed by atoms with Crippen molar-refractivity contribution in [1.82, 2.24) is 5.32 Å². The minimum atomic E-state index is 0.0673. The zero-order valence-corrected chi connectivity index (χ0v) is 12.7. The third kappa shape index (κ3) is 3.29. The minimum absolute atomic E-state index is 0.0673. The molecular formula is C15H19NOS2. The first-order valence-corrected chi connectivity index (χ1v) is 8.98. The molecule has 1 aromatic carbocycles. The Morgan fingerprint density at radius 3 is 2.42 bits per heavy atom. The number of carbonyl (C=O) groups excluding carboxylic acids is 1. The number of thioether (sulfide) groups is 2. The molecule has 1 atom stereocenters. The molecule has 1 saturated carbocycles. The molecule has 0 spiro atoms. The molecule has 2 aliphatic rings. The van der Waals surface area contributed by atoms with Gasteiger partial charge in [-0.1, -0.05) is 12.1 Å². The van der Waals surface area contributed by atoms with Crippen molar-refractivity contribution in [2.24, 2.45) is 5.92 Å². The van der Waals surface area contributed by atoms with Crippen LogP contribution in [0.3, 0.4) is 0 Å². The zero-order valence-electron chi connectivity index (χ0n) is 11.1. The fraction of sp³-hybridized carbons (Fsp3) is 0.533. The first-order chi connectivity index (χ1) is 9.24. The molecule has 1 saturated heterocycles. The van der Waals surface area contributed by atoms with Crippen LogP contribution in [-0.2, 0) is 0 Å². The van der Waals surface area contributed by atoms with Gasteiger partial charge in [-0.3, -0.25) is 4.79 Å². The van der Waals surface area contributed by atoms with Gasteiger partial charge in [0.2, 0.25) is 0 Å². The Morgan fingerprint density at radius 2 is 1.84 bits per heavy atom. The predicted octanol–water partition coefficient (Wildman–Crippen LogP) is 3.69. The molecule has 1 amide bonds. The van der Waals surface area contributed by atoms with Crippen LogP contribution in [-0.4, -0.2) is 23.5 Å². The summed E-state index contributed by atoms with van der Waals surface area (Å²) in [6.07, 6.45) is 2.52. The van der Waals surface area contributed by atoms with Crippen LogP contribution in [0.5, 0.6) is 0 Å². The number of nitrogens with one attached hydrogen (secondary N) is 1. The summed E-state index contributed by atoms with van der Waals surface area (Å²) in [5.74, 6) is 3.24. The Hall–Kier alpha value is -0.610. The van der Waals surface area contributed by atoms with Crippen LogP contribution in [0.15, 0.2) is 24.3 Å². The third-order valence-electron chi connectivity index (χ3n) is 3.75. The van der Waals surface area contributed by atoms with Crippen molar-refractivity contribution < 1.29 is 4.79 Å². The van der Waals surface area contributed by atoms with Gasteiger partial charge in [0.25, 0.3) is 5.91 Å². The topological polar surface area (TPSA) is 29.1 Å². The quantitative estimate of drug-likeness (QED) is 0.918. The van der Waals surface area contributed by atoms with Gasteiger partial charge in [0.05, 0.1) is 4.58 Å². The molecule has 19 heavy (non-hydrogen) atoms.